The van der Waals surface area contributed by atoms with Gasteiger partial charge in [-0.1, -0.05) is 54.6 Å². The SMILES string of the molecule is C/C=C/c1ccc(C)cc1OCc1ccccc1. The predicted molar refractivity (Wildman–Crippen MR) is 76.7 cm³/mol. The fourth-order valence-electron chi connectivity index (χ4n) is 1.82. The first-order valence-corrected chi connectivity index (χ1v) is 6.19. The molecule has 0 aromatic heterocycles. The van der Waals surface area contributed by atoms with Crippen LogP contribution in [0.25, 0.3) is 6.08 Å². The summed E-state index contributed by atoms with van der Waals surface area (Å²) in [6.45, 7) is 4.70. The van der Waals surface area contributed by atoms with Crippen LogP contribution in [0.3, 0.4) is 0 Å². The highest BCUT2D eigenvalue weighted by molar-refractivity contribution is 5.57. The lowest BCUT2D eigenvalue weighted by atomic mass is 10.1. The predicted octanol–water partition coefficient (Wildman–Crippen LogP) is 4.61. The molecule has 2 rings (SSSR count). The molecule has 0 spiro atoms. The van der Waals surface area contributed by atoms with Crippen LogP contribution in [-0.2, 0) is 6.61 Å². The Kier molecular flexibility index (Phi) is 4.19. The van der Waals surface area contributed by atoms with Gasteiger partial charge in [-0.05, 0) is 31.0 Å². The first-order valence-electron chi connectivity index (χ1n) is 6.19. The van der Waals surface area contributed by atoms with E-state index in [2.05, 4.69) is 43.3 Å². The Balaban J connectivity index is 2.15. The standard InChI is InChI=1S/C17H18O/c1-3-7-16-11-10-14(2)12-17(16)18-13-15-8-5-4-6-9-15/h3-12H,13H2,1-2H3/b7-3+. The third-order valence-corrected chi connectivity index (χ3v) is 2.75. The maximum absolute atomic E-state index is 5.91. The molecule has 92 valence electrons. The average molecular weight is 238 g/mol. The van der Waals surface area contributed by atoms with Crippen molar-refractivity contribution in [3.05, 3.63) is 71.3 Å². The normalized spacial score (nSPS) is 10.8. The first kappa shape index (κ1) is 12.4. The van der Waals surface area contributed by atoms with Crippen LogP contribution in [0.15, 0.2) is 54.6 Å². The summed E-state index contributed by atoms with van der Waals surface area (Å²) in [7, 11) is 0. The van der Waals surface area contributed by atoms with Crippen LogP contribution in [0.4, 0.5) is 0 Å². The van der Waals surface area contributed by atoms with Crippen molar-refractivity contribution < 1.29 is 4.74 Å². The number of ether oxygens (including phenoxy) is 1. The molecule has 0 amide bonds. The molecule has 0 bridgehead atoms. The lowest BCUT2D eigenvalue weighted by Gasteiger charge is -2.10. The number of hydrogen-bond acceptors (Lipinski definition) is 1. The summed E-state index contributed by atoms with van der Waals surface area (Å²) in [4.78, 5) is 0. The Morgan fingerprint density at radius 3 is 2.56 bits per heavy atom. The van der Waals surface area contributed by atoms with Crippen molar-refractivity contribution in [3.8, 4) is 5.75 Å². The summed E-state index contributed by atoms with van der Waals surface area (Å²) in [6.07, 6.45) is 4.10. The van der Waals surface area contributed by atoms with Crippen LogP contribution in [0.2, 0.25) is 0 Å². The van der Waals surface area contributed by atoms with Crippen LogP contribution in [0.5, 0.6) is 5.75 Å². The summed E-state index contributed by atoms with van der Waals surface area (Å²) < 4.78 is 5.91. The molecule has 18 heavy (non-hydrogen) atoms. The van der Waals surface area contributed by atoms with Crippen molar-refractivity contribution >= 4 is 6.08 Å². The number of aryl methyl sites for hydroxylation is 1. The molecule has 0 fully saturated rings. The first-order chi connectivity index (χ1) is 8.79. The molecule has 0 radical (unpaired) electrons. The summed E-state index contributed by atoms with van der Waals surface area (Å²) in [5.74, 6) is 0.942. The molecular weight excluding hydrogens is 220 g/mol. The molecule has 0 unspecified atom stereocenters. The maximum atomic E-state index is 5.91. The smallest absolute Gasteiger partial charge is 0.127 e. The van der Waals surface area contributed by atoms with Crippen molar-refractivity contribution in [2.45, 2.75) is 20.5 Å². The van der Waals surface area contributed by atoms with Crippen LogP contribution >= 0.6 is 0 Å². The van der Waals surface area contributed by atoms with E-state index in [1.54, 1.807) is 0 Å². The van der Waals surface area contributed by atoms with E-state index >= 15 is 0 Å². The largest absolute Gasteiger partial charge is 0.488 e. The zero-order valence-corrected chi connectivity index (χ0v) is 10.9. The molecule has 0 N–H and O–H groups in total. The van der Waals surface area contributed by atoms with E-state index in [9.17, 15) is 0 Å². The van der Waals surface area contributed by atoms with Crippen molar-refractivity contribution in [2.75, 3.05) is 0 Å². The molecule has 1 heteroatoms. The highest BCUT2D eigenvalue weighted by Crippen LogP contribution is 2.22. The molecule has 0 saturated heterocycles. The molecule has 1 nitrogen and oxygen atoms in total. The molecule has 2 aromatic carbocycles. The van der Waals surface area contributed by atoms with Crippen molar-refractivity contribution in [1.82, 2.24) is 0 Å². The number of hydrogen-bond donors (Lipinski definition) is 0. The molecule has 0 saturated carbocycles. The second kappa shape index (κ2) is 6.06. The Morgan fingerprint density at radius 2 is 1.83 bits per heavy atom. The number of benzene rings is 2. The zero-order chi connectivity index (χ0) is 12.8. The van der Waals surface area contributed by atoms with Gasteiger partial charge in [-0.15, -0.1) is 0 Å². The van der Waals surface area contributed by atoms with Gasteiger partial charge in [0.2, 0.25) is 0 Å². The third-order valence-electron chi connectivity index (χ3n) is 2.75. The zero-order valence-electron chi connectivity index (χ0n) is 10.9. The quantitative estimate of drug-likeness (QED) is 0.756. The van der Waals surface area contributed by atoms with E-state index < -0.39 is 0 Å². The Hall–Kier alpha value is -2.02. The third kappa shape index (κ3) is 3.24. The molecule has 2 aromatic rings. The fraction of sp³-hybridized carbons (Fsp3) is 0.176. The summed E-state index contributed by atoms with van der Waals surface area (Å²) >= 11 is 0. The van der Waals surface area contributed by atoms with Crippen LogP contribution in [0.1, 0.15) is 23.6 Å². The average Bonchev–Trinajstić information content (AvgIpc) is 2.40. The number of rotatable bonds is 4. The van der Waals surface area contributed by atoms with Gasteiger partial charge in [0, 0.05) is 5.56 Å². The van der Waals surface area contributed by atoms with Crippen molar-refractivity contribution in [3.63, 3.8) is 0 Å². The molecule has 0 atom stereocenters. The minimum Gasteiger partial charge on any atom is -0.488 e. The van der Waals surface area contributed by atoms with E-state index in [0.29, 0.717) is 6.61 Å². The lowest BCUT2D eigenvalue weighted by Crippen LogP contribution is -1.97. The van der Waals surface area contributed by atoms with E-state index in [0.717, 1.165) is 11.3 Å². The van der Waals surface area contributed by atoms with Gasteiger partial charge in [0.05, 0.1) is 0 Å². The van der Waals surface area contributed by atoms with Gasteiger partial charge in [0.15, 0.2) is 0 Å². The second-order valence-electron chi connectivity index (χ2n) is 4.32. The molecule has 0 aliphatic rings. The van der Waals surface area contributed by atoms with Crippen molar-refractivity contribution in [2.24, 2.45) is 0 Å². The fourth-order valence-corrected chi connectivity index (χ4v) is 1.82. The monoisotopic (exact) mass is 238 g/mol. The van der Waals surface area contributed by atoms with Gasteiger partial charge in [0.25, 0.3) is 0 Å². The minimum atomic E-state index is 0.606. The molecule has 0 aliphatic heterocycles. The topological polar surface area (TPSA) is 9.23 Å². The van der Waals surface area contributed by atoms with E-state index in [4.69, 9.17) is 4.74 Å². The van der Waals surface area contributed by atoms with Gasteiger partial charge in [0.1, 0.15) is 12.4 Å². The van der Waals surface area contributed by atoms with Gasteiger partial charge in [-0.25, -0.2) is 0 Å². The summed E-state index contributed by atoms with van der Waals surface area (Å²) in [5, 5.41) is 0. The molecule has 0 heterocycles. The van der Waals surface area contributed by atoms with Gasteiger partial charge < -0.3 is 4.74 Å². The Bertz CT molecular complexity index is 527. The Morgan fingerprint density at radius 1 is 1.06 bits per heavy atom. The van der Waals surface area contributed by atoms with E-state index in [-0.39, 0.29) is 0 Å². The second-order valence-corrected chi connectivity index (χ2v) is 4.32. The van der Waals surface area contributed by atoms with Crippen LogP contribution in [-0.4, -0.2) is 0 Å². The molecule has 0 aliphatic carbocycles. The van der Waals surface area contributed by atoms with Crippen LogP contribution in [0, 0.1) is 6.92 Å². The minimum absolute atomic E-state index is 0.606. The van der Waals surface area contributed by atoms with Crippen LogP contribution < -0.4 is 4.74 Å². The highest BCUT2D eigenvalue weighted by Gasteiger charge is 2.01. The van der Waals surface area contributed by atoms with E-state index in [1.165, 1.54) is 11.1 Å². The highest BCUT2D eigenvalue weighted by atomic mass is 16.5. The summed E-state index contributed by atoms with van der Waals surface area (Å²) in [6, 6.07) is 16.5. The van der Waals surface area contributed by atoms with Crippen molar-refractivity contribution in [1.29, 1.82) is 0 Å². The van der Waals surface area contributed by atoms with Gasteiger partial charge in [-0.2, -0.15) is 0 Å². The Labute approximate surface area is 109 Å². The van der Waals surface area contributed by atoms with Gasteiger partial charge >= 0.3 is 0 Å². The summed E-state index contributed by atoms with van der Waals surface area (Å²) in [5.41, 5.74) is 3.52. The van der Waals surface area contributed by atoms with E-state index in [1.807, 2.05) is 31.2 Å². The molecular formula is C17H18O. The lowest BCUT2D eigenvalue weighted by molar-refractivity contribution is 0.305. The number of allylic oxidation sites excluding steroid dienone is 1. The van der Waals surface area contributed by atoms with Gasteiger partial charge in [-0.3, -0.25) is 0 Å². The maximum Gasteiger partial charge on any atom is 0.127 e.